The van der Waals surface area contributed by atoms with Crippen LogP contribution < -0.4 is 5.90 Å². The molecule has 0 heterocycles. The van der Waals surface area contributed by atoms with Gasteiger partial charge in [-0.1, -0.05) is 12.1 Å². The van der Waals surface area contributed by atoms with Gasteiger partial charge in [0.25, 0.3) is 0 Å². The number of benzene rings is 1. The van der Waals surface area contributed by atoms with Crippen LogP contribution >= 0.6 is 0 Å². The van der Waals surface area contributed by atoms with Gasteiger partial charge in [0.15, 0.2) is 0 Å². The molecule has 1 aromatic carbocycles. The minimum absolute atomic E-state index is 0.185. The van der Waals surface area contributed by atoms with Gasteiger partial charge in [-0.25, -0.2) is 10.7 Å². The second kappa shape index (κ2) is 4.91. The highest BCUT2D eigenvalue weighted by molar-refractivity contribution is 5.90. The van der Waals surface area contributed by atoms with Gasteiger partial charge in [-0.2, -0.15) is 0 Å². The first kappa shape index (κ1) is 11.7. The van der Waals surface area contributed by atoms with E-state index in [1.165, 1.54) is 7.11 Å². The molecule has 2 N–H and O–H groups in total. The monoisotopic (exact) mass is 209 g/mol. The van der Waals surface area contributed by atoms with Crippen molar-refractivity contribution in [3.8, 4) is 0 Å². The van der Waals surface area contributed by atoms with Gasteiger partial charge < -0.3 is 4.74 Å². The van der Waals surface area contributed by atoms with Crippen molar-refractivity contribution in [2.75, 3.05) is 7.11 Å². The number of aryl methyl sites for hydroxylation is 1. The topological polar surface area (TPSA) is 61.5 Å². The Bertz CT molecular complexity index is 363. The molecule has 0 radical (unpaired) electrons. The summed E-state index contributed by atoms with van der Waals surface area (Å²) in [5, 5.41) is 0. The second-order valence-corrected chi connectivity index (χ2v) is 3.34. The van der Waals surface area contributed by atoms with E-state index in [1.807, 2.05) is 19.9 Å². The summed E-state index contributed by atoms with van der Waals surface area (Å²) in [6.45, 7) is 3.69. The first-order chi connectivity index (χ1) is 7.10. The molecule has 4 heteroatoms. The van der Waals surface area contributed by atoms with Gasteiger partial charge in [-0.05, 0) is 31.0 Å². The van der Waals surface area contributed by atoms with Crippen molar-refractivity contribution < 1.29 is 14.4 Å². The van der Waals surface area contributed by atoms with E-state index in [0.29, 0.717) is 5.56 Å². The van der Waals surface area contributed by atoms with Crippen LogP contribution in [0, 0.1) is 6.92 Å². The number of hydrogen-bond acceptors (Lipinski definition) is 4. The normalized spacial score (nSPS) is 12.3. The van der Waals surface area contributed by atoms with E-state index in [-0.39, 0.29) is 12.1 Å². The van der Waals surface area contributed by atoms with Crippen molar-refractivity contribution in [2.45, 2.75) is 20.0 Å². The molecule has 0 spiro atoms. The lowest BCUT2D eigenvalue weighted by molar-refractivity contribution is 0.0597. The molecule has 1 rings (SSSR count). The van der Waals surface area contributed by atoms with E-state index in [0.717, 1.165) is 11.1 Å². The van der Waals surface area contributed by atoms with Gasteiger partial charge in [0, 0.05) is 0 Å². The summed E-state index contributed by atoms with van der Waals surface area (Å²) in [5.41, 5.74) is 2.34. The Labute approximate surface area is 88.9 Å². The third kappa shape index (κ3) is 2.55. The third-order valence-electron chi connectivity index (χ3n) is 2.33. The Balaban J connectivity index is 3.03. The fourth-order valence-corrected chi connectivity index (χ4v) is 1.36. The van der Waals surface area contributed by atoms with E-state index in [9.17, 15) is 4.79 Å². The lowest BCUT2D eigenvalue weighted by Gasteiger charge is -2.11. The van der Waals surface area contributed by atoms with Crippen LogP contribution in [0.3, 0.4) is 0 Å². The van der Waals surface area contributed by atoms with Crippen molar-refractivity contribution in [3.63, 3.8) is 0 Å². The number of carbonyl (C=O) groups is 1. The molecular weight excluding hydrogens is 194 g/mol. The summed E-state index contributed by atoms with van der Waals surface area (Å²) in [7, 11) is 1.36. The molecule has 0 aliphatic carbocycles. The fraction of sp³-hybridized carbons (Fsp3) is 0.364. The molecular formula is C11H15NO3. The van der Waals surface area contributed by atoms with Crippen LogP contribution in [-0.4, -0.2) is 13.1 Å². The number of ether oxygens (including phenoxy) is 1. The Morgan fingerprint density at radius 1 is 1.47 bits per heavy atom. The number of hydrogen-bond donors (Lipinski definition) is 1. The fourth-order valence-electron chi connectivity index (χ4n) is 1.36. The Morgan fingerprint density at radius 3 is 2.60 bits per heavy atom. The predicted octanol–water partition coefficient (Wildman–Crippen LogP) is 1.73. The van der Waals surface area contributed by atoms with Gasteiger partial charge in [-0.3, -0.25) is 4.84 Å². The molecule has 0 aliphatic heterocycles. The SMILES string of the molecule is COC(=O)c1ccc(C(C)ON)cc1C. The molecule has 0 fully saturated rings. The van der Waals surface area contributed by atoms with Crippen LogP contribution in [0.1, 0.15) is 34.5 Å². The lowest BCUT2D eigenvalue weighted by atomic mass is 10.0. The first-order valence-electron chi connectivity index (χ1n) is 4.64. The average molecular weight is 209 g/mol. The molecule has 0 bridgehead atoms. The first-order valence-corrected chi connectivity index (χ1v) is 4.64. The van der Waals surface area contributed by atoms with Crippen LogP contribution in [0.2, 0.25) is 0 Å². The molecule has 1 aromatic rings. The summed E-state index contributed by atoms with van der Waals surface area (Å²) in [5.74, 6) is 4.75. The zero-order valence-corrected chi connectivity index (χ0v) is 9.11. The Kier molecular flexibility index (Phi) is 3.82. The van der Waals surface area contributed by atoms with E-state index in [1.54, 1.807) is 12.1 Å². The van der Waals surface area contributed by atoms with Gasteiger partial charge in [0.2, 0.25) is 0 Å². The highest BCUT2D eigenvalue weighted by atomic mass is 16.6. The third-order valence-corrected chi connectivity index (χ3v) is 2.33. The van der Waals surface area contributed by atoms with E-state index < -0.39 is 0 Å². The maximum absolute atomic E-state index is 11.3. The van der Waals surface area contributed by atoms with Crippen molar-refractivity contribution in [3.05, 3.63) is 34.9 Å². The summed E-state index contributed by atoms with van der Waals surface area (Å²) in [4.78, 5) is 16.0. The molecule has 0 aromatic heterocycles. The van der Waals surface area contributed by atoms with Crippen molar-refractivity contribution in [1.29, 1.82) is 0 Å². The molecule has 1 unspecified atom stereocenters. The Hall–Kier alpha value is -1.39. The van der Waals surface area contributed by atoms with Gasteiger partial charge in [0.05, 0.1) is 12.7 Å². The standard InChI is InChI=1S/C11H15NO3/c1-7-6-9(8(2)15-12)4-5-10(7)11(13)14-3/h4-6,8H,12H2,1-3H3. The minimum atomic E-state index is -0.333. The average Bonchev–Trinajstić information content (AvgIpc) is 2.26. The number of methoxy groups -OCH3 is 1. The zero-order valence-electron chi connectivity index (χ0n) is 9.11. The smallest absolute Gasteiger partial charge is 0.338 e. The highest BCUT2D eigenvalue weighted by Crippen LogP contribution is 2.19. The van der Waals surface area contributed by atoms with Crippen LogP contribution in [0.15, 0.2) is 18.2 Å². The number of rotatable bonds is 3. The van der Waals surface area contributed by atoms with Gasteiger partial charge in [-0.15, -0.1) is 0 Å². The summed E-state index contributed by atoms with van der Waals surface area (Å²) < 4.78 is 4.65. The van der Waals surface area contributed by atoms with Gasteiger partial charge in [0.1, 0.15) is 6.10 Å². The quantitative estimate of drug-likeness (QED) is 0.608. The molecule has 0 amide bonds. The largest absolute Gasteiger partial charge is 0.465 e. The second-order valence-electron chi connectivity index (χ2n) is 3.34. The maximum Gasteiger partial charge on any atom is 0.338 e. The van der Waals surface area contributed by atoms with Crippen molar-refractivity contribution >= 4 is 5.97 Å². The molecule has 0 saturated carbocycles. The summed E-state index contributed by atoms with van der Waals surface area (Å²) in [6, 6.07) is 5.38. The molecule has 1 atom stereocenters. The minimum Gasteiger partial charge on any atom is -0.465 e. The Morgan fingerprint density at radius 2 is 2.13 bits per heavy atom. The van der Waals surface area contributed by atoms with Crippen LogP contribution in [0.25, 0.3) is 0 Å². The number of nitrogens with two attached hydrogens (primary N) is 1. The molecule has 0 saturated heterocycles. The molecule has 4 nitrogen and oxygen atoms in total. The lowest BCUT2D eigenvalue weighted by Crippen LogP contribution is -2.08. The summed E-state index contributed by atoms with van der Waals surface area (Å²) >= 11 is 0. The molecule has 0 aliphatic rings. The van der Waals surface area contributed by atoms with Gasteiger partial charge >= 0.3 is 5.97 Å². The van der Waals surface area contributed by atoms with E-state index >= 15 is 0 Å². The number of carbonyl (C=O) groups excluding carboxylic acids is 1. The summed E-state index contributed by atoms with van der Waals surface area (Å²) in [6.07, 6.45) is -0.185. The number of esters is 1. The van der Waals surface area contributed by atoms with Crippen LogP contribution in [0.4, 0.5) is 0 Å². The van der Waals surface area contributed by atoms with E-state index in [2.05, 4.69) is 4.74 Å². The van der Waals surface area contributed by atoms with Crippen molar-refractivity contribution in [2.24, 2.45) is 5.90 Å². The maximum atomic E-state index is 11.3. The molecule has 82 valence electrons. The van der Waals surface area contributed by atoms with E-state index in [4.69, 9.17) is 10.7 Å². The zero-order chi connectivity index (χ0) is 11.4. The molecule has 15 heavy (non-hydrogen) atoms. The van der Waals surface area contributed by atoms with Crippen LogP contribution in [0.5, 0.6) is 0 Å². The van der Waals surface area contributed by atoms with Crippen LogP contribution in [-0.2, 0) is 9.57 Å². The predicted molar refractivity (Wildman–Crippen MR) is 56.2 cm³/mol. The highest BCUT2D eigenvalue weighted by Gasteiger charge is 2.11. The van der Waals surface area contributed by atoms with Crippen molar-refractivity contribution in [1.82, 2.24) is 0 Å².